The molecule has 1 amide bonds. The molecule has 3 aromatic rings. The molecule has 3 heterocycles. The lowest BCUT2D eigenvalue weighted by Gasteiger charge is -2.12. The summed E-state index contributed by atoms with van der Waals surface area (Å²) in [6, 6.07) is 7.23. The number of phosphoric acid groups is 1. The van der Waals surface area contributed by atoms with Crippen molar-refractivity contribution in [3.8, 4) is 22.7 Å². The largest absolute Gasteiger partial charge is 0.469 e. The zero-order valence-corrected chi connectivity index (χ0v) is 17.1. The Bertz CT molecular complexity index is 1160. The molecule has 0 saturated carbocycles. The van der Waals surface area contributed by atoms with Crippen LogP contribution in [0.2, 0.25) is 0 Å². The minimum atomic E-state index is -4.63. The molecule has 10 nitrogen and oxygen atoms in total. The van der Waals surface area contributed by atoms with Crippen molar-refractivity contribution in [3.05, 3.63) is 53.8 Å². The molecule has 3 N–H and O–H groups in total. The van der Waals surface area contributed by atoms with Crippen molar-refractivity contribution in [1.82, 2.24) is 20.5 Å². The van der Waals surface area contributed by atoms with Gasteiger partial charge in [-0.2, -0.15) is 0 Å². The van der Waals surface area contributed by atoms with Gasteiger partial charge in [0.25, 0.3) is 5.89 Å². The maximum atomic E-state index is 14.8. The summed E-state index contributed by atoms with van der Waals surface area (Å²) in [7, 11) is -4.63. The van der Waals surface area contributed by atoms with E-state index in [-0.39, 0.29) is 24.8 Å². The van der Waals surface area contributed by atoms with E-state index in [1.807, 2.05) is 0 Å². The van der Waals surface area contributed by atoms with Gasteiger partial charge in [-0.25, -0.2) is 8.96 Å². The summed E-state index contributed by atoms with van der Waals surface area (Å²) in [4.78, 5) is 34.1. The number of amides is 1. The van der Waals surface area contributed by atoms with Gasteiger partial charge in [-0.1, -0.05) is 18.2 Å². The second kappa shape index (κ2) is 8.27. The number of hydrogen-bond acceptors (Lipinski definition) is 7. The van der Waals surface area contributed by atoms with E-state index >= 15 is 0 Å². The quantitative estimate of drug-likeness (QED) is 0.483. The van der Waals surface area contributed by atoms with Crippen LogP contribution in [0.5, 0.6) is 0 Å². The fraction of sp³-hybridized carbons (Fsp3) is 0.263. The maximum Gasteiger partial charge on any atom is 0.469 e. The zero-order chi connectivity index (χ0) is 22.2. The Labute approximate surface area is 175 Å². The maximum absolute atomic E-state index is 14.8. The number of hydrogen-bond donors (Lipinski definition) is 3. The number of rotatable bonds is 6. The smallest absolute Gasteiger partial charge is 0.420 e. The molecule has 2 aromatic heterocycles. The highest BCUT2D eigenvalue weighted by atomic mass is 31.2. The van der Waals surface area contributed by atoms with Gasteiger partial charge in [0.15, 0.2) is 0 Å². The Morgan fingerprint density at radius 3 is 2.71 bits per heavy atom. The molecule has 0 spiro atoms. The summed E-state index contributed by atoms with van der Waals surface area (Å²) < 4.78 is 35.4. The van der Waals surface area contributed by atoms with E-state index < -0.39 is 25.6 Å². The SMILES string of the molecule is Cc1nnc(-c2ccc(-c3ccc([C@H]4CC(COP(=O)(O)O)NC4=O)cc3F)cn2)o1. The normalized spacial score (nSPS) is 18.9. The summed E-state index contributed by atoms with van der Waals surface area (Å²) in [6.45, 7) is 1.34. The zero-order valence-electron chi connectivity index (χ0n) is 16.2. The summed E-state index contributed by atoms with van der Waals surface area (Å²) in [6.07, 6.45) is 1.72. The number of carbonyl (C=O) groups excluding carboxylic acids is 1. The molecule has 12 heteroatoms. The predicted octanol–water partition coefficient (Wildman–Crippen LogP) is 2.33. The second-order valence-electron chi connectivity index (χ2n) is 7.08. The van der Waals surface area contributed by atoms with E-state index in [0.717, 1.165) is 0 Å². The molecule has 31 heavy (non-hydrogen) atoms. The topological polar surface area (TPSA) is 148 Å². The van der Waals surface area contributed by atoms with Gasteiger partial charge in [0.05, 0.1) is 18.6 Å². The Balaban J connectivity index is 1.49. The van der Waals surface area contributed by atoms with Crippen molar-refractivity contribution in [2.45, 2.75) is 25.3 Å². The van der Waals surface area contributed by atoms with Crippen LogP contribution in [0.15, 0.2) is 40.9 Å². The van der Waals surface area contributed by atoms with Gasteiger partial charge < -0.3 is 19.5 Å². The average molecular weight is 448 g/mol. The van der Waals surface area contributed by atoms with E-state index in [9.17, 15) is 13.8 Å². The standard InChI is InChI=1S/C19H18FN4O6P/c1-10-23-24-19(30-10)17-5-3-12(8-21-17)14-4-2-11(6-16(14)20)15-7-13(22-18(15)25)9-29-31(26,27)28/h2-6,8,13,15H,7,9H2,1H3,(H,22,25)(H2,26,27,28)/t13?,15-/m1/s1. The Morgan fingerprint density at radius 2 is 2.10 bits per heavy atom. The number of nitrogens with one attached hydrogen (secondary N) is 1. The monoisotopic (exact) mass is 448 g/mol. The van der Waals surface area contributed by atoms with Crippen molar-refractivity contribution >= 4 is 13.7 Å². The second-order valence-corrected chi connectivity index (χ2v) is 8.32. The lowest BCUT2D eigenvalue weighted by Crippen LogP contribution is -2.29. The number of nitrogens with zero attached hydrogens (tertiary/aromatic N) is 3. The van der Waals surface area contributed by atoms with Gasteiger partial charge >= 0.3 is 7.82 Å². The Hall–Kier alpha value is -2.98. The molecule has 1 saturated heterocycles. The fourth-order valence-electron chi connectivity index (χ4n) is 3.40. The molecule has 0 aliphatic carbocycles. The molecule has 1 unspecified atom stereocenters. The van der Waals surface area contributed by atoms with Crippen LogP contribution in [0, 0.1) is 12.7 Å². The van der Waals surface area contributed by atoms with Crippen LogP contribution in [0.4, 0.5) is 4.39 Å². The third-order valence-electron chi connectivity index (χ3n) is 4.84. The number of carbonyl (C=O) groups is 1. The number of aromatic nitrogens is 3. The summed E-state index contributed by atoms with van der Waals surface area (Å²) in [5.41, 5.74) is 1.77. The highest BCUT2D eigenvalue weighted by Crippen LogP contribution is 2.37. The van der Waals surface area contributed by atoms with E-state index in [1.165, 1.54) is 12.3 Å². The molecule has 0 radical (unpaired) electrons. The van der Waals surface area contributed by atoms with E-state index in [2.05, 4.69) is 25.0 Å². The number of phosphoric ester groups is 1. The van der Waals surface area contributed by atoms with Crippen molar-refractivity contribution in [2.24, 2.45) is 0 Å². The van der Waals surface area contributed by atoms with Crippen LogP contribution in [-0.4, -0.2) is 43.5 Å². The first-order valence-corrected chi connectivity index (χ1v) is 10.8. The van der Waals surface area contributed by atoms with Gasteiger partial charge in [0.1, 0.15) is 11.5 Å². The van der Waals surface area contributed by atoms with Crippen LogP contribution in [-0.2, 0) is 13.9 Å². The highest BCUT2D eigenvalue weighted by Gasteiger charge is 2.34. The van der Waals surface area contributed by atoms with Crippen LogP contribution >= 0.6 is 7.82 Å². The van der Waals surface area contributed by atoms with E-state index in [1.54, 1.807) is 31.2 Å². The minimum Gasteiger partial charge on any atom is -0.420 e. The molecule has 162 valence electrons. The van der Waals surface area contributed by atoms with Crippen molar-refractivity contribution in [2.75, 3.05) is 6.61 Å². The van der Waals surface area contributed by atoms with E-state index in [4.69, 9.17) is 14.2 Å². The lowest BCUT2D eigenvalue weighted by molar-refractivity contribution is -0.120. The molecule has 2 atom stereocenters. The molecule has 1 fully saturated rings. The molecule has 0 bridgehead atoms. The minimum absolute atomic E-state index is 0.234. The van der Waals surface area contributed by atoms with Gasteiger partial charge in [-0.05, 0) is 24.1 Å². The Morgan fingerprint density at radius 1 is 1.29 bits per heavy atom. The van der Waals surface area contributed by atoms with Gasteiger partial charge in [-0.15, -0.1) is 10.2 Å². The lowest BCUT2D eigenvalue weighted by atomic mass is 9.93. The molecule has 4 rings (SSSR count). The number of benzene rings is 1. The third kappa shape index (κ3) is 4.86. The summed E-state index contributed by atoms with van der Waals surface area (Å²) in [5.74, 6) is -0.843. The Kier molecular flexibility index (Phi) is 5.67. The predicted molar refractivity (Wildman–Crippen MR) is 105 cm³/mol. The van der Waals surface area contributed by atoms with Gasteiger partial charge in [0.2, 0.25) is 11.8 Å². The fourth-order valence-corrected chi connectivity index (χ4v) is 3.77. The number of halogens is 1. The van der Waals surface area contributed by atoms with Crippen molar-refractivity contribution < 1.29 is 32.5 Å². The summed E-state index contributed by atoms with van der Waals surface area (Å²) >= 11 is 0. The molecule has 1 aliphatic heterocycles. The van der Waals surface area contributed by atoms with Crippen LogP contribution in [0.3, 0.4) is 0 Å². The first-order chi connectivity index (χ1) is 14.7. The molecule has 1 aliphatic rings. The van der Waals surface area contributed by atoms with Crippen molar-refractivity contribution in [3.63, 3.8) is 0 Å². The number of aryl methyl sites for hydroxylation is 1. The molecular weight excluding hydrogens is 430 g/mol. The van der Waals surface area contributed by atoms with Crippen LogP contribution < -0.4 is 5.32 Å². The average Bonchev–Trinajstić information content (AvgIpc) is 3.31. The molecular formula is C19H18FN4O6P. The van der Waals surface area contributed by atoms with E-state index in [0.29, 0.717) is 28.3 Å². The summed E-state index contributed by atoms with van der Waals surface area (Å²) in [5, 5.41) is 10.2. The molecule has 1 aromatic carbocycles. The number of pyridine rings is 1. The van der Waals surface area contributed by atoms with Crippen molar-refractivity contribution in [1.29, 1.82) is 0 Å². The first kappa shape index (κ1) is 21.3. The van der Waals surface area contributed by atoms with Crippen LogP contribution in [0.25, 0.3) is 22.7 Å². The van der Waals surface area contributed by atoms with Crippen LogP contribution in [0.1, 0.15) is 23.8 Å². The first-order valence-electron chi connectivity index (χ1n) is 9.26. The van der Waals surface area contributed by atoms with Gasteiger partial charge in [-0.3, -0.25) is 14.3 Å². The highest BCUT2D eigenvalue weighted by molar-refractivity contribution is 7.46. The van der Waals surface area contributed by atoms with Gasteiger partial charge in [0, 0.05) is 24.2 Å². The third-order valence-corrected chi connectivity index (χ3v) is 5.33.